The van der Waals surface area contributed by atoms with Crippen LogP contribution in [-0.2, 0) is 9.59 Å². The summed E-state index contributed by atoms with van der Waals surface area (Å²) < 4.78 is 13.4. The van der Waals surface area contributed by atoms with Crippen LogP contribution in [0.4, 0.5) is 15.8 Å². The normalized spacial score (nSPS) is 11.8. The number of hydrogen-bond donors (Lipinski definition) is 3. The van der Waals surface area contributed by atoms with E-state index in [4.69, 9.17) is 0 Å². The van der Waals surface area contributed by atoms with Crippen molar-refractivity contribution in [3.8, 4) is 0 Å². The molecule has 0 spiro atoms. The van der Waals surface area contributed by atoms with E-state index in [0.29, 0.717) is 16.9 Å². The van der Waals surface area contributed by atoms with Gasteiger partial charge in [-0.1, -0.05) is 91.0 Å². The molecule has 0 aliphatic heterocycles. The highest BCUT2D eigenvalue weighted by atomic mass is 32.2. The third-order valence-corrected chi connectivity index (χ3v) is 8.74. The van der Waals surface area contributed by atoms with Crippen molar-refractivity contribution in [3.05, 3.63) is 180 Å². The molecule has 3 amide bonds. The van der Waals surface area contributed by atoms with E-state index in [-0.39, 0.29) is 17.4 Å². The smallest absolute Gasteiger partial charge is 0.272 e. The summed E-state index contributed by atoms with van der Waals surface area (Å²) in [7, 11) is 0. The first kappa shape index (κ1) is 32.0. The van der Waals surface area contributed by atoms with Crippen LogP contribution in [0.1, 0.15) is 26.7 Å². The molecule has 0 heterocycles. The summed E-state index contributed by atoms with van der Waals surface area (Å²) in [4.78, 5) is 41.0. The van der Waals surface area contributed by atoms with Gasteiger partial charge in [-0.3, -0.25) is 14.4 Å². The molecule has 0 aromatic heterocycles. The molecule has 0 aliphatic rings. The van der Waals surface area contributed by atoms with Gasteiger partial charge in [0.2, 0.25) is 5.91 Å². The van der Waals surface area contributed by atoms with Crippen molar-refractivity contribution >= 4 is 57.7 Å². The second-order valence-corrected chi connectivity index (χ2v) is 12.0. The highest BCUT2D eigenvalue weighted by Crippen LogP contribution is 2.37. The lowest BCUT2D eigenvalue weighted by Crippen LogP contribution is -2.30. The highest BCUT2D eigenvalue weighted by molar-refractivity contribution is 8.00. The number of anilines is 2. The van der Waals surface area contributed by atoms with E-state index in [1.54, 1.807) is 42.5 Å². The van der Waals surface area contributed by atoms with E-state index >= 15 is 0 Å². The van der Waals surface area contributed by atoms with Crippen molar-refractivity contribution in [2.45, 2.75) is 10.1 Å². The van der Waals surface area contributed by atoms with E-state index < -0.39 is 17.1 Å². The predicted octanol–water partition coefficient (Wildman–Crippen LogP) is 8.86. The Morgan fingerprint density at radius 2 is 1.23 bits per heavy atom. The fourth-order valence-electron chi connectivity index (χ4n) is 5.07. The predicted molar refractivity (Wildman–Crippen MR) is 191 cm³/mol. The number of thioether (sulfide) groups is 1. The second kappa shape index (κ2) is 15.1. The van der Waals surface area contributed by atoms with Crippen LogP contribution in [0.25, 0.3) is 16.8 Å². The third kappa shape index (κ3) is 8.04. The average Bonchev–Trinajstić information content (AvgIpc) is 3.12. The van der Waals surface area contributed by atoms with Crippen LogP contribution in [0.5, 0.6) is 0 Å². The van der Waals surface area contributed by atoms with Gasteiger partial charge in [-0.2, -0.15) is 0 Å². The lowest BCUT2D eigenvalue weighted by Gasteiger charge is -2.17. The van der Waals surface area contributed by atoms with Gasteiger partial charge < -0.3 is 16.0 Å². The summed E-state index contributed by atoms with van der Waals surface area (Å²) in [6.45, 7) is 0. The Balaban J connectivity index is 1.22. The maximum Gasteiger partial charge on any atom is 0.272 e. The molecule has 6 rings (SSSR count). The van der Waals surface area contributed by atoms with Gasteiger partial charge in [-0.25, -0.2) is 4.39 Å². The standard InChI is InChI=1S/C40H30FN3O3S/c41-31-18-20-32(21-19-31)43-40(47)37(28-11-3-1-4-12-28)48-34-24-22-33(23-25-34)42-39(46)36(44-38(45)29-13-5-2-6-14-29)26-30-16-9-15-27-10-7-8-17-35(27)30/h1-26,37H,(H,42,46)(H,43,47)(H,44,45)/b36-26-. The Kier molecular flexibility index (Phi) is 10.0. The van der Waals surface area contributed by atoms with Crippen LogP contribution >= 0.6 is 11.8 Å². The van der Waals surface area contributed by atoms with Crippen molar-refractivity contribution < 1.29 is 18.8 Å². The Labute approximate surface area is 281 Å². The van der Waals surface area contributed by atoms with Gasteiger partial charge >= 0.3 is 0 Å². The number of amides is 3. The van der Waals surface area contributed by atoms with Crippen LogP contribution in [0.15, 0.2) is 162 Å². The van der Waals surface area contributed by atoms with E-state index in [1.807, 2.05) is 91.0 Å². The van der Waals surface area contributed by atoms with Crippen LogP contribution < -0.4 is 16.0 Å². The summed E-state index contributed by atoms with van der Waals surface area (Å²) in [5.74, 6) is -1.54. The lowest BCUT2D eigenvalue weighted by atomic mass is 10.0. The van der Waals surface area contributed by atoms with Gasteiger partial charge in [0.15, 0.2) is 0 Å². The maximum absolute atomic E-state index is 13.7. The van der Waals surface area contributed by atoms with Crippen molar-refractivity contribution in [2.75, 3.05) is 10.6 Å². The molecule has 0 radical (unpaired) electrons. The van der Waals surface area contributed by atoms with E-state index in [1.165, 1.54) is 36.0 Å². The van der Waals surface area contributed by atoms with Gasteiger partial charge in [0.25, 0.3) is 11.8 Å². The molecule has 0 bridgehead atoms. The van der Waals surface area contributed by atoms with E-state index in [2.05, 4.69) is 16.0 Å². The van der Waals surface area contributed by atoms with E-state index in [0.717, 1.165) is 26.8 Å². The fourth-order valence-corrected chi connectivity index (χ4v) is 6.09. The molecule has 0 saturated carbocycles. The Hall–Kier alpha value is -5.99. The molecule has 0 fully saturated rings. The largest absolute Gasteiger partial charge is 0.325 e. The Morgan fingerprint density at radius 3 is 1.96 bits per heavy atom. The molecule has 1 unspecified atom stereocenters. The molecule has 48 heavy (non-hydrogen) atoms. The molecule has 6 nitrogen and oxygen atoms in total. The van der Waals surface area contributed by atoms with Crippen molar-refractivity contribution in [3.63, 3.8) is 0 Å². The number of rotatable bonds is 10. The summed E-state index contributed by atoms with van der Waals surface area (Å²) in [6.07, 6.45) is 1.67. The number of hydrogen-bond acceptors (Lipinski definition) is 4. The number of benzene rings is 6. The quantitative estimate of drug-likeness (QED) is 0.102. The van der Waals surface area contributed by atoms with Crippen LogP contribution in [0, 0.1) is 5.82 Å². The SMILES string of the molecule is O=C(Nc1ccc(SC(C(=O)Nc2ccc(F)cc2)c2ccccc2)cc1)/C(=C/c1cccc2ccccc12)NC(=O)c1ccccc1. The first-order valence-corrected chi connectivity index (χ1v) is 16.1. The molecule has 6 aromatic rings. The minimum atomic E-state index is -0.597. The molecule has 0 saturated heterocycles. The van der Waals surface area contributed by atoms with Gasteiger partial charge in [-0.15, -0.1) is 11.8 Å². The van der Waals surface area contributed by atoms with Gasteiger partial charge in [0.05, 0.1) is 0 Å². The van der Waals surface area contributed by atoms with Crippen molar-refractivity contribution in [1.82, 2.24) is 5.32 Å². The summed E-state index contributed by atoms with van der Waals surface area (Å²) in [5, 5.41) is 9.92. The number of halogens is 1. The van der Waals surface area contributed by atoms with Crippen molar-refractivity contribution in [2.24, 2.45) is 0 Å². The monoisotopic (exact) mass is 651 g/mol. The summed E-state index contributed by atoms with van der Waals surface area (Å²) in [6, 6.07) is 44.4. The van der Waals surface area contributed by atoms with Gasteiger partial charge in [0, 0.05) is 21.8 Å². The maximum atomic E-state index is 13.7. The van der Waals surface area contributed by atoms with Crippen LogP contribution in [0.2, 0.25) is 0 Å². The molecule has 8 heteroatoms. The molecule has 6 aromatic carbocycles. The zero-order valence-electron chi connectivity index (χ0n) is 25.6. The second-order valence-electron chi connectivity index (χ2n) is 10.8. The molecule has 0 aliphatic carbocycles. The average molecular weight is 652 g/mol. The minimum absolute atomic E-state index is 0.0836. The Morgan fingerprint density at radius 1 is 0.625 bits per heavy atom. The van der Waals surface area contributed by atoms with Gasteiger partial charge in [-0.05, 0) is 88.6 Å². The van der Waals surface area contributed by atoms with Gasteiger partial charge in [0.1, 0.15) is 16.8 Å². The number of fused-ring (bicyclic) bond motifs is 1. The zero-order chi connectivity index (χ0) is 33.3. The minimum Gasteiger partial charge on any atom is -0.325 e. The van der Waals surface area contributed by atoms with Crippen LogP contribution in [0.3, 0.4) is 0 Å². The lowest BCUT2D eigenvalue weighted by molar-refractivity contribution is -0.116. The molecule has 236 valence electrons. The first-order valence-electron chi connectivity index (χ1n) is 15.2. The fraction of sp³-hybridized carbons (Fsp3) is 0.0250. The number of carbonyl (C=O) groups is 3. The molecular weight excluding hydrogens is 622 g/mol. The highest BCUT2D eigenvalue weighted by Gasteiger charge is 2.23. The first-order chi connectivity index (χ1) is 23.4. The van der Waals surface area contributed by atoms with Crippen molar-refractivity contribution in [1.29, 1.82) is 0 Å². The molecule has 1 atom stereocenters. The number of carbonyl (C=O) groups excluding carboxylic acids is 3. The third-order valence-electron chi connectivity index (χ3n) is 7.47. The zero-order valence-corrected chi connectivity index (χ0v) is 26.4. The summed E-state index contributed by atoms with van der Waals surface area (Å²) in [5.41, 5.74) is 3.09. The Bertz CT molecular complexity index is 2080. The molecular formula is C40H30FN3O3S. The topological polar surface area (TPSA) is 87.3 Å². The molecule has 3 N–H and O–H groups in total. The summed E-state index contributed by atoms with van der Waals surface area (Å²) >= 11 is 1.35. The number of nitrogens with one attached hydrogen (secondary N) is 3. The van der Waals surface area contributed by atoms with E-state index in [9.17, 15) is 18.8 Å². The van der Waals surface area contributed by atoms with Crippen LogP contribution in [-0.4, -0.2) is 17.7 Å².